The maximum Gasteiger partial charge on any atom is 0.250 e. The predicted octanol–water partition coefficient (Wildman–Crippen LogP) is 1.88. The number of pyridine rings is 1. The Balaban J connectivity index is 1.30. The molecular formula is C21H26N4O2. The molecule has 0 amide bonds. The summed E-state index contributed by atoms with van der Waals surface area (Å²) in [7, 11) is 1.80. The third-order valence-electron chi connectivity index (χ3n) is 5.39. The summed E-state index contributed by atoms with van der Waals surface area (Å²) in [6.07, 6.45) is 5.97. The molecule has 0 aliphatic carbocycles. The average Bonchev–Trinajstić information content (AvgIpc) is 3.31. The van der Waals surface area contributed by atoms with E-state index in [0.717, 1.165) is 24.4 Å². The lowest BCUT2D eigenvalue weighted by Crippen LogP contribution is -2.47. The smallest absolute Gasteiger partial charge is 0.250 e. The van der Waals surface area contributed by atoms with Crippen LogP contribution in [0.4, 0.5) is 0 Å². The molecule has 6 nitrogen and oxygen atoms in total. The minimum Gasteiger partial charge on any atom is -0.373 e. The molecule has 2 aliphatic rings. The van der Waals surface area contributed by atoms with Crippen molar-refractivity contribution < 1.29 is 4.74 Å². The Morgan fingerprint density at radius 3 is 2.67 bits per heavy atom. The fourth-order valence-electron chi connectivity index (χ4n) is 3.90. The zero-order valence-corrected chi connectivity index (χ0v) is 15.6. The van der Waals surface area contributed by atoms with Crippen molar-refractivity contribution in [1.29, 1.82) is 0 Å². The number of fused-ring (bicyclic) bond motifs is 2. The second-order valence-corrected chi connectivity index (χ2v) is 7.27. The van der Waals surface area contributed by atoms with Crippen LogP contribution in [-0.4, -0.2) is 35.8 Å². The van der Waals surface area contributed by atoms with Gasteiger partial charge < -0.3 is 19.9 Å². The lowest BCUT2D eigenvalue weighted by Gasteiger charge is -2.22. The summed E-state index contributed by atoms with van der Waals surface area (Å²) in [4.78, 5) is 16.1. The van der Waals surface area contributed by atoms with Crippen molar-refractivity contribution in [2.75, 3.05) is 7.05 Å². The molecule has 4 rings (SSSR count). The van der Waals surface area contributed by atoms with Crippen molar-refractivity contribution in [2.24, 2.45) is 4.99 Å². The van der Waals surface area contributed by atoms with Gasteiger partial charge in [-0.3, -0.25) is 9.79 Å². The van der Waals surface area contributed by atoms with E-state index in [4.69, 9.17) is 4.74 Å². The van der Waals surface area contributed by atoms with Crippen LogP contribution in [0.3, 0.4) is 0 Å². The number of benzene rings is 1. The highest BCUT2D eigenvalue weighted by atomic mass is 16.5. The summed E-state index contributed by atoms with van der Waals surface area (Å²) in [6, 6.07) is 13.9. The normalized spacial score (nSPS) is 24.2. The van der Waals surface area contributed by atoms with Crippen LogP contribution in [0.25, 0.3) is 0 Å². The number of hydrogen-bond donors (Lipinski definition) is 2. The molecule has 2 aliphatic heterocycles. The van der Waals surface area contributed by atoms with E-state index in [0.29, 0.717) is 31.3 Å². The van der Waals surface area contributed by atoms with Crippen molar-refractivity contribution in [1.82, 2.24) is 15.2 Å². The fraction of sp³-hybridized carbons (Fsp3) is 0.429. The minimum atomic E-state index is 0.0164. The van der Waals surface area contributed by atoms with Gasteiger partial charge in [0.05, 0.1) is 24.8 Å². The average molecular weight is 366 g/mol. The van der Waals surface area contributed by atoms with Gasteiger partial charge in [0.2, 0.25) is 0 Å². The first-order valence-corrected chi connectivity index (χ1v) is 9.57. The predicted molar refractivity (Wildman–Crippen MR) is 106 cm³/mol. The standard InChI is InChI=1S/C21H26N4O2/c1-22-21(24-18-12-17-9-10-19(18)27-17)23-13-15-5-7-16(8-6-15)14-25-11-3-2-4-20(25)26/h2-8,11,17-19H,9-10,12-14H2,1H3,(H2,22,23,24). The first-order chi connectivity index (χ1) is 13.2. The van der Waals surface area contributed by atoms with Crippen LogP contribution >= 0.6 is 0 Å². The van der Waals surface area contributed by atoms with Crippen LogP contribution in [0.1, 0.15) is 30.4 Å². The van der Waals surface area contributed by atoms with E-state index < -0.39 is 0 Å². The first kappa shape index (κ1) is 17.8. The molecule has 2 aromatic rings. The molecule has 3 atom stereocenters. The molecule has 1 aromatic heterocycles. The topological polar surface area (TPSA) is 67.7 Å². The summed E-state index contributed by atoms with van der Waals surface area (Å²) < 4.78 is 7.60. The molecule has 1 aromatic carbocycles. The largest absolute Gasteiger partial charge is 0.373 e. The Labute approximate surface area is 159 Å². The number of nitrogens with one attached hydrogen (secondary N) is 2. The van der Waals surface area contributed by atoms with Crippen LogP contribution < -0.4 is 16.2 Å². The summed E-state index contributed by atoms with van der Waals surface area (Å²) >= 11 is 0. The number of guanidine groups is 1. The van der Waals surface area contributed by atoms with Gasteiger partial charge in [-0.05, 0) is 36.5 Å². The SMILES string of the molecule is CN=C(NCc1ccc(Cn2ccccc2=O)cc1)NC1CC2CCC1O2. The molecular weight excluding hydrogens is 340 g/mol. The summed E-state index contributed by atoms with van der Waals surface area (Å²) in [5.41, 5.74) is 2.29. The molecule has 27 heavy (non-hydrogen) atoms. The molecule has 2 N–H and O–H groups in total. The van der Waals surface area contributed by atoms with E-state index in [2.05, 4.69) is 39.9 Å². The number of ether oxygens (including phenoxy) is 1. The van der Waals surface area contributed by atoms with Crippen LogP contribution in [-0.2, 0) is 17.8 Å². The van der Waals surface area contributed by atoms with E-state index >= 15 is 0 Å². The Hall–Kier alpha value is -2.60. The highest BCUT2D eigenvalue weighted by Crippen LogP contribution is 2.34. The molecule has 0 radical (unpaired) electrons. The first-order valence-electron chi connectivity index (χ1n) is 9.57. The lowest BCUT2D eigenvalue weighted by molar-refractivity contribution is 0.0992. The van der Waals surface area contributed by atoms with Crippen molar-refractivity contribution in [3.05, 3.63) is 70.1 Å². The molecule has 2 saturated heterocycles. The van der Waals surface area contributed by atoms with E-state index in [1.165, 1.54) is 12.0 Å². The number of hydrogen-bond acceptors (Lipinski definition) is 3. The second kappa shape index (κ2) is 7.96. The van der Waals surface area contributed by atoms with Gasteiger partial charge in [-0.1, -0.05) is 30.3 Å². The summed E-state index contributed by atoms with van der Waals surface area (Å²) in [5, 5.41) is 6.87. The number of aromatic nitrogens is 1. The monoisotopic (exact) mass is 366 g/mol. The van der Waals surface area contributed by atoms with Gasteiger partial charge in [-0.25, -0.2) is 0 Å². The quantitative estimate of drug-likeness (QED) is 0.626. The molecule has 0 saturated carbocycles. The maximum absolute atomic E-state index is 11.8. The van der Waals surface area contributed by atoms with Crippen molar-refractivity contribution >= 4 is 5.96 Å². The van der Waals surface area contributed by atoms with Crippen LogP contribution in [0.2, 0.25) is 0 Å². The second-order valence-electron chi connectivity index (χ2n) is 7.27. The third kappa shape index (κ3) is 4.22. The molecule has 3 unspecified atom stereocenters. The number of nitrogens with zero attached hydrogens (tertiary/aromatic N) is 2. The summed E-state index contributed by atoms with van der Waals surface area (Å²) in [6.45, 7) is 1.29. The molecule has 2 bridgehead atoms. The van der Waals surface area contributed by atoms with E-state index in [-0.39, 0.29) is 5.56 Å². The van der Waals surface area contributed by atoms with Gasteiger partial charge in [0.1, 0.15) is 0 Å². The van der Waals surface area contributed by atoms with Crippen molar-refractivity contribution in [2.45, 2.75) is 50.6 Å². The highest BCUT2D eigenvalue weighted by molar-refractivity contribution is 5.80. The van der Waals surface area contributed by atoms with Gasteiger partial charge in [0.15, 0.2) is 5.96 Å². The molecule has 6 heteroatoms. The van der Waals surface area contributed by atoms with Gasteiger partial charge >= 0.3 is 0 Å². The number of aliphatic imine (C=N–C) groups is 1. The van der Waals surface area contributed by atoms with E-state index in [1.807, 2.05) is 12.3 Å². The fourth-order valence-corrected chi connectivity index (χ4v) is 3.90. The molecule has 3 heterocycles. The molecule has 142 valence electrons. The Morgan fingerprint density at radius 1 is 1.19 bits per heavy atom. The van der Waals surface area contributed by atoms with E-state index in [1.54, 1.807) is 23.7 Å². The zero-order chi connectivity index (χ0) is 18.6. The van der Waals surface area contributed by atoms with Gasteiger partial charge in [0.25, 0.3) is 5.56 Å². The minimum absolute atomic E-state index is 0.0164. The van der Waals surface area contributed by atoms with Crippen LogP contribution in [0.15, 0.2) is 58.4 Å². The zero-order valence-electron chi connectivity index (χ0n) is 15.6. The molecule has 2 fully saturated rings. The lowest BCUT2D eigenvalue weighted by atomic mass is 9.96. The summed E-state index contributed by atoms with van der Waals surface area (Å²) in [5.74, 6) is 0.816. The van der Waals surface area contributed by atoms with Crippen molar-refractivity contribution in [3.63, 3.8) is 0 Å². The van der Waals surface area contributed by atoms with Gasteiger partial charge in [0, 0.05) is 25.9 Å². The highest BCUT2D eigenvalue weighted by Gasteiger charge is 2.41. The number of rotatable bonds is 5. The Bertz CT molecular complexity index is 859. The molecule has 0 spiro atoms. The Morgan fingerprint density at radius 2 is 2.00 bits per heavy atom. The van der Waals surface area contributed by atoms with Crippen molar-refractivity contribution in [3.8, 4) is 0 Å². The van der Waals surface area contributed by atoms with Gasteiger partial charge in [-0.15, -0.1) is 0 Å². The maximum atomic E-state index is 11.8. The van der Waals surface area contributed by atoms with E-state index in [9.17, 15) is 4.79 Å². The van der Waals surface area contributed by atoms with Crippen LogP contribution in [0, 0.1) is 0 Å². The third-order valence-corrected chi connectivity index (χ3v) is 5.39. The van der Waals surface area contributed by atoms with Gasteiger partial charge in [-0.2, -0.15) is 0 Å². The van der Waals surface area contributed by atoms with Crippen LogP contribution in [0.5, 0.6) is 0 Å². The Kier molecular flexibility index (Phi) is 5.25.